The van der Waals surface area contributed by atoms with Gasteiger partial charge in [-0.05, 0) is 25.7 Å². The molecule has 2 rings (SSSR count). The van der Waals surface area contributed by atoms with Crippen LogP contribution < -0.4 is 0 Å². The second-order valence-corrected chi connectivity index (χ2v) is 5.29. The first-order valence-corrected chi connectivity index (χ1v) is 5.62. The van der Waals surface area contributed by atoms with Crippen LogP contribution in [-0.2, 0) is 14.3 Å². The fourth-order valence-corrected chi connectivity index (χ4v) is 3.54. The first-order chi connectivity index (χ1) is 6.61. The molecule has 1 saturated carbocycles. The maximum Gasteiger partial charge on any atom is 0.321 e. The maximum absolute atomic E-state index is 11.4. The van der Waals surface area contributed by atoms with Crippen LogP contribution in [0.1, 0.15) is 32.1 Å². The van der Waals surface area contributed by atoms with Crippen LogP contribution >= 0.6 is 11.8 Å². The highest BCUT2D eigenvalue weighted by molar-refractivity contribution is 8.02. The second-order valence-electron chi connectivity index (χ2n) is 3.74. The number of ether oxygens (including phenoxy) is 1. The van der Waals surface area contributed by atoms with E-state index in [4.69, 9.17) is 9.84 Å². The molecule has 1 aliphatic heterocycles. The van der Waals surface area contributed by atoms with Gasteiger partial charge in [0.2, 0.25) is 0 Å². The summed E-state index contributed by atoms with van der Waals surface area (Å²) < 4.78 is 5.28. The maximum atomic E-state index is 11.4. The molecule has 4 nitrogen and oxygen atoms in total. The Morgan fingerprint density at radius 2 is 2.21 bits per heavy atom. The molecule has 14 heavy (non-hydrogen) atoms. The number of carboxylic acid groups (broad SMARTS) is 1. The molecule has 0 aromatic carbocycles. The Labute approximate surface area is 86.0 Å². The Kier molecular flexibility index (Phi) is 2.43. The zero-order valence-corrected chi connectivity index (χ0v) is 8.51. The number of rotatable bonds is 2. The number of carbonyl (C=O) groups is 2. The lowest BCUT2D eigenvalue weighted by Gasteiger charge is -2.19. The molecule has 1 saturated heterocycles. The van der Waals surface area contributed by atoms with Crippen molar-refractivity contribution in [3.05, 3.63) is 0 Å². The average molecular weight is 216 g/mol. The van der Waals surface area contributed by atoms with Crippen molar-refractivity contribution in [1.82, 2.24) is 0 Å². The van der Waals surface area contributed by atoms with Crippen LogP contribution in [0.3, 0.4) is 0 Å². The molecule has 2 fully saturated rings. The van der Waals surface area contributed by atoms with E-state index in [1.807, 2.05) is 0 Å². The molecular weight excluding hydrogens is 204 g/mol. The van der Waals surface area contributed by atoms with E-state index in [2.05, 4.69) is 0 Å². The summed E-state index contributed by atoms with van der Waals surface area (Å²) in [5, 5.41) is 8.11. The van der Waals surface area contributed by atoms with Gasteiger partial charge >= 0.3 is 11.9 Å². The average Bonchev–Trinajstić information content (AvgIpc) is 2.61. The molecule has 0 bridgehead atoms. The van der Waals surface area contributed by atoms with Crippen molar-refractivity contribution < 1.29 is 19.4 Å². The summed E-state index contributed by atoms with van der Waals surface area (Å²) in [5.41, 5.74) is 0. The van der Waals surface area contributed by atoms with Crippen LogP contribution in [0, 0.1) is 0 Å². The fraction of sp³-hybridized carbons (Fsp3) is 0.778. The van der Waals surface area contributed by atoms with Gasteiger partial charge in [0, 0.05) is 0 Å². The summed E-state index contributed by atoms with van der Waals surface area (Å²) in [4.78, 5) is 21.5. The van der Waals surface area contributed by atoms with Crippen LogP contribution in [0.15, 0.2) is 0 Å². The minimum atomic E-state index is -0.936. The molecule has 1 heterocycles. The minimum absolute atomic E-state index is 0.120. The van der Waals surface area contributed by atoms with Crippen LogP contribution in [-0.4, -0.2) is 27.2 Å². The Morgan fingerprint density at radius 3 is 2.79 bits per heavy atom. The van der Waals surface area contributed by atoms with Gasteiger partial charge in [-0.3, -0.25) is 9.59 Å². The van der Waals surface area contributed by atoms with E-state index < -0.39 is 11.2 Å². The van der Waals surface area contributed by atoms with Gasteiger partial charge in [-0.25, -0.2) is 0 Å². The van der Waals surface area contributed by atoms with E-state index in [1.54, 1.807) is 0 Å². The number of hydrogen-bond donors (Lipinski definition) is 1. The molecule has 1 atom stereocenters. The largest absolute Gasteiger partial charge is 0.481 e. The monoisotopic (exact) mass is 216 g/mol. The lowest BCUT2D eigenvalue weighted by atomic mass is 10.3. The summed E-state index contributed by atoms with van der Waals surface area (Å²) in [6, 6.07) is 0. The first kappa shape index (κ1) is 9.83. The van der Waals surface area contributed by atoms with E-state index in [0.29, 0.717) is 0 Å². The first-order valence-electron chi connectivity index (χ1n) is 4.74. The minimum Gasteiger partial charge on any atom is -0.481 e. The molecule has 0 aromatic heterocycles. The SMILES string of the molecule is O=C(O)C[C@H]1SC2(CCCC2)OC1=O. The van der Waals surface area contributed by atoms with Crippen molar-refractivity contribution in [2.24, 2.45) is 0 Å². The number of esters is 1. The molecular formula is C9H12O4S. The molecule has 1 N–H and O–H groups in total. The van der Waals surface area contributed by atoms with Gasteiger partial charge in [-0.1, -0.05) is 11.8 Å². The van der Waals surface area contributed by atoms with Gasteiger partial charge in [0.25, 0.3) is 0 Å². The Bertz CT molecular complexity index is 270. The van der Waals surface area contributed by atoms with Crippen LogP contribution in [0.5, 0.6) is 0 Å². The zero-order valence-electron chi connectivity index (χ0n) is 7.69. The van der Waals surface area contributed by atoms with E-state index in [1.165, 1.54) is 11.8 Å². The molecule has 78 valence electrons. The quantitative estimate of drug-likeness (QED) is 0.707. The summed E-state index contributed by atoms with van der Waals surface area (Å²) in [6.07, 6.45) is 3.77. The second kappa shape index (κ2) is 3.46. The summed E-state index contributed by atoms with van der Waals surface area (Å²) in [7, 11) is 0. The van der Waals surface area contributed by atoms with E-state index in [-0.39, 0.29) is 17.3 Å². The van der Waals surface area contributed by atoms with E-state index in [9.17, 15) is 9.59 Å². The van der Waals surface area contributed by atoms with Crippen molar-refractivity contribution in [3.8, 4) is 0 Å². The summed E-state index contributed by atoms with van der Waals surface area (Å²) >= 11 is 1.40. The predicted molar refractivity (Wildman–Crippen MR) is 50.9 cm³/mol. The molecule has 1 spiro atoms. The Morgan fingerprint density at radius 1 is 1.57 bits per heavy atom. The van der Waals surface area contributed by atoms with Crippen molar-refractivity contribution in [1.29, 1.82) is 0 Å². The molecule has 0 radical (unpaired) electrons. The molecule has 2 aliphatic rings. The summed E-state index contributed by atoms with van der Waals surface area (Å²) in [5.74, 6) is -1.28. The van der Waals surface area contributed by atoms with Crippen molar-refractivity contribution in [3.63, 3.8) is 0 Å². The number of thioether (sulfide) groups is 1. The highest BCUT2D eigenvalue weighted by Gasteiger charge is 2.49. The zero-order chi connectivity index (χ0) is 10.2. The lowest BCUT2D eigenvalue weighted by Crippen LogP contribution is -2.20. The van der Waals surface area contributed by atoms with E-state index in [0.717, 1.165) is 25.7 Å². The molecule has 5 heteroatoms. The van der Waals surface area contributed by atoms with Gasteiger partial charge in [-0.15, -0.1) is 0 Å². The standard InChI is InChI=1S/C9H12O4S/c10-7(11)5-6-8(12)13-9(14-6)3-1-2-4-9/h6H,1-5H2,(H,10,11)/t6-/m1/s1. The van der Waals surface area contributed by atoms with Crippen LogP contribution in [0.25, 0.3) is 0 Å². The third-order valence-corrected chi connectivity index (χ3v) is 4.20. The van der Waals surface area contributed by atoms with Gasteiger partial charge in [0.15, 0.2) is 4.93 Å². The Hall–Kier alpha value is -0.710. The summed E-state index contributed by atoms with van der Waals surface area (Å²) in [6.45, 7) is 0. The molecule has 0 amide bonds. The fourth-order valence-electron chi connectivity index (χ4n) is 2.00. The third-order valence-electron chi connectivity index (χ3n) is 2.63. The topological polar surface area (TPSA) is 63.6 Å². The van der Waals surface area contributed by atoms with Crippen LogP contribution in [0.2, 0.25) is 0 Å². The number of hydrogen-bond acceptors (Lipinski definition) is 4. The van der Waals surface area contributed by atoms with Crippen molar-refractivity contribution in [2.45, 2.75) is 42.3 Å². The Balaban J connectivity index is 2.02. The highest BCUT2D eigenvalue weighted by atomic mass is 32.2. The number of aliphatic carboxylic acids is 1. The highest BCUT2D eigenvalue weighted by Crippen LogP contribution is 2.50. The van der Waals surface area contributed by atoms with Gasteiger partial charge in [0.1, 0.15) is 5.25 Å². The van der Waals surface area contributed by atoms with Crippen molar-refractivity contribution in [2.75, 3.05) is 0 Å². The van der Waals surface area contributed by atoms with Crippen molar-refractivity contribution >= 4 is 23.7 Å². The van der Waals surface area contributed by atoms with E-state index >= 15 is 0 Å². The van der Waals surface area contributed by atoms with Gasteiger partial charge in [0.05, 0.1) is 6.42 Å². The smallest absolute Gasteiger partial charge is 0.321 e. The number of carbonyl (C=O) groups excluding carboxylic acids is 1. The molecule has 1 aliphatic carbocycles. The molecule has 0 aromatic rings. The molecule has 0 unspecified atom stereocenters. The third kappa shape index (κ3) is 1.73. The normalized spacial score (nSPS) is 29.4. The van der Waals surface area contributed by atoms with Crippen LogP contribution in [0.4, 0.5) is 0 Å². The predicted octanol–water partition coefficient (Wildman–Crippen LogP) is 1.39. The lowest BCUT2D eigenvalue weighted by molar-refractivity contribution is -0.150. The number of carboxylic acids is 1. The van der Waals surface area contributed by atoms with Gasteiger partial charge in [-0.2, -0.15) is 0 Å². The van der Waals surface area contributed by atoms with Gasteiger partial charge < -0.3 is 9.84 Å².